The van der Waals surface area contributed by atoms with Crippen molar-refractivity contribution in [3.63, 3.8) is 0 Å². The van der Waals surface area contributed by atoms with E-state index in [1.54, 1.807) is 29.0 Å². The molecule has 0 saturated heterocycles. The van der Waals surface area contributed by atoms with Crippen molar-refractivity contribution >= 4 is 16.8 Å². The lowest BCUT2D eigenvalue weighted by Gasteiger charge is -2.13. The third-order valence-corrected chi connectivity index (χ3v) is 3.73. The van der Waals surface area contributed by atoms with E-state index in [1.807, 2.05) is 24.3 Å². The number of nitrogens with zero attached hydrogens (tertiary/aromatic N) is 1. The molecule has 0 spiro atoms. The molecule has 1 amide bonds. The highest BCUT2D eigenvalue weighted by molar-refractivity contribution is 5.83. The maximum absolute atomic E-state index is 13.3. The molecule has 0 bridgehead atoms. The Hall–Kier alpha value is -2.66. The number of fused-ring (bicyclic) bond motifs is 1. The molecule has 0 aliphatic rings. The van der Waals surface area contributed by atoms with Crippen molar-refractivity contribution in [2.75, 3.05) is 6.54 Å². The maximum atomic E-state index is 13.3. The van der Waals surface area contributed by atoms with Crippen LogP contribution >= 0.6 is 0 Å². The van der Waals surface area contributed by atoms with Crippen LogP contribution in [0.3, 0.4) is 0 Å². The van der Waals surface area contributed by atoms with Gasteiger partial charge in [-0.2, -0.15) is 0 Å². The van der Waals surface area contributed by atoms with Crippen LogP contribution in [0.5, 0.6) is 0 Å². The standard InChI is InChI=1S/C18H17FN2O2/c19-15-7-6-13-8-9-21(16(13)10-15)12-18(23)20-11-17(22)14-4-2-1-3-5-14/h1-10,17,22H,11-12H2,(H,20,23)/t17-/m0/s1. The normalized spacial score (nSPS) is 12.3. The predicted octanol–water partition coefficient (Wildman–Crippen LogP) is 2.63. The molecule has 4 nitrogen and oxygen atoms in total. The van der Waals surface area contributed by atoms with Gasteiger partial charge in [-0.25, -0.2) is 4.39 Å². The van der Waals surface area contributed by atoms with Crippen molar-refractivity contribution in [3.05, 3.63) is 72.2 Å². The predicted molar refractivity (Wildman–Crippen MR) is 86.3 cm³/mol. The van der Waals surface area contributed by atoms with Crippen LogP contribution in [-0.4, -0.2) is 22.1 Å². The second kappa shape index (κ2) is 6.62. The van der Waals surface area contributed by atoms with Crippen LogP contribution in [-0.2, 0) is 11.3 Å². The fourth-order valence-electron chi connectivity index (χ4n) is 2.51. The zero-order valence-electron chi connectivity index (χ0n) is 12.4. The number of aliphatic hydroxyl groups is 1. The summed E-state index contributed by atoms with van der Waals surface area (Å²) in [6.45, 7) is 0.213. The SMILES string of the molecule is O=C(Cn1ccc2ccc(F)cc21)NC[C@H](O)c1ccccc1. The topological polar surface area (TPSA) is 54.3 Å². The first-order chi connectivity index (χ1) is 11.1. The van der Waals surface area contributed by atoms with Crippen LogP contribution in [0.2, 0.25) is 0 Å². The van der Waals surface area contributed by atoms with Gasteiger partial charge >= 0.3 is 0 Å². The summed E-state index contributed by atoms with van der Waals surface area (Å²) >= 11 is 0. The van der Waals surface area contributed by atoms with E-state index < -0.39 is 6.10 Å². The highest BCUT2D eigenvalue weighted by Gasteiger charge is 2.10. The number of hydrogen-bond acceptors (Lipinski definition) is 2. The second-order valence-corrected chi connectivity index (χ2v) is 5.38. The first-order valence-electron chi connectivity index (χ1n) is 7.37. The number of aliphatic hydroxyl groups excluding tert-OH is 1. The zero-order chi connectivity index (χ0) is 16.2. The fourth-order valence-corrected chi connectivity index (χ4v) is 2.51. The summed E-state index contributed by atoms with van der Waals surface area (Å²) in [6.07, 6.45) is 0.996. The molecule has 3 rings (SSSR count). The lowest BCUT2D eigenvalue weighted by Crippen LogP contribution is -2.31. The van der Waals surface area contributed by atoms with Crippen molar-refractivity contribution in [3.8, 4) is 0 Å². The average molecular weight is 312 g/mol. The van der Waals surface area contributed by atoms with Gasteiger partial charge in [-0.05, 0) is 35.2 Å². The summed E-state index contributed by atoms with van der Waals surface area (Å²) < 4.78 is 15.0. The van der Waals surface area contributed by atoms with E-state index in [-0.39, 0.29) is 24.8 Å². The lowest BCUT2D eigenvalue weighted by molar-refractivity contribution is -0.122. The Morgan fingerprint density at radius 3 is 2.74 bits per heavy atom. The molecular formula is C18H17FN2O2. The first kappa shape index (κ1) is 15.2. The van der Waals surface area contributed by atoms with E-state index in [9.17, 15) is 14.3 Å². The molecule has 2 N–H and O–H groups in total. The number of halogens is 1. The summed E-state index contributed by atoms with van der Waals surface area (Å²) in [4.78, 5) is 12.0. The number of amides is 1. The van der Waals surface area contributed by atoms with Crippen molar-refractivity contribution in [2.24, 2.45) is 0 Å². The molecule has 3 aromatic rings. The molecule has 5 heteroatoms. The lowest BCUT2D eigenvalue weighted by atomic mass is 10.1. The Morgan fingerprint density at radius 2 is 1.96 bits per heavy atom. The van der Waals surface area contributed by atoms with Crippen LogP contribution in [0.25, 0.3) is 10.9 Å². The molecule has 118 valence electrons. The molecule has 0 radical (unpaired) electrons. The first-order valence-corrected chi connectivity index (χ1v) is 7.37. The van der Waals surface area contributed by atoms with Gasteiger partial charge in [0.15, 0.2) is 0 Å². The minimum atomic E-state index is -0.751. The molecular weight excluding hydrogens is 295 g/mol. The number of hydrogen-bond donors (Lipinski definition) is 2. The van der Waals surface area contributed by atoms with E-state index >= 15 is 0 Å². The molecule has 0 aliphatic carbocycles. The maximum Gasteiger partial charge on any atom is 0.240 e. The van der Waals surface area contributed by atoms with Gasteiger partial charge in [0.1, 0.15) is 12.4 Å². The summed E-state index contributed by atoms with van der Waals surface area (Å²) in [5.74, 6) is -0.570. The third kappa shape index (κ3) is 3.57. The number of benzene rings is 2. The average Bonchev–Trinajstić information content (AvgIpc) is 2.95. The number of rotatable bonds is 5. The third-order valence-electron chi connectivity index (χ3n) is 3.73. The van der Waals surface area contributed by atoms with Crippen molar-refractivity contribution in [2.45, 2.75) is 12.6 Å². The number of aromatic nitrogens is 1. The number of carbonyl (C=O) groups is 1. The fraction of sp³-hybridized carbons (Fsp3) is 0.167. The van der Waals surface area contributed by atoms with Gasteiger partial charge in [-0.1, -0.05) is 30.3 Å². The number of carbonyl (C=O) groups excluding carboxylic acids is 1. The molecule has 1 heterocycles. The minimum Gasteiger partial charge on any atom is -0.387 e. The van der Waals surface area contributed by atoms with Gasteiger partial charge in [-0.15, -0.1) is 0 Å². The van der Waals surface area contributed by atoms with Gasteiger partial charge in [-0.3, -0.25) is 4.79 Å². The Balaban J connectivity index is 1.62. The van der Waals surface area contributed by atoms with Gasteiger partial charge in [0, 0.05) is 12.7 Å². The molecule has 23 heavy (non-hydrogen) atoms. The smallest absolute Gasteiger partial charge is 0.240 e. The van der Waals surface area contributed by atoms with Gasteiger partial charge < -0.3 is 15.0 Å². The molecule has 0 aliphatic heterocycles. The van der Waals surface area contributed by atoms with Gasteiger partial charge in [0.25, 0.3) is 0 Å². The quantitative estimate of drug-likeness (QED) is 0.761. The van der Waals surface area contributed by atoms with Crippen LogP contribution in [0.1, 0.15) is 11.7 Å². The van der Waals surface area contributed by atoms with E-state index in [4.69, 9.17) is 0 Å². The largest absolute Gasteiger partial charge is 0.387 e. The Kier molecular flexibility index (Phi) is 4.39. The summed E-state index contributed by atoms with van der Waals surface area (Å²) in [6, 6.07) is 15.5. The Bertz CT molecular complexity index is 814. The summed E-state index contributed by atoms with van der Waals surface area (Å²) in [7, 11) is 0. The number of nitrogens with one attached hydrogen (secondary N) is 1. The molecule has 1 atom stereocenters. The van der Waals surface area contributed by atoms with Crippen molar-refractivity contribution in [1.82, 2.24) is 9.88 Å². The minimum absolute atomic E-state index is 0.0778. The molecule has 0 unspecified atom stereocenters. The van der Waals surface area contributed by atoms with Crippen LogP contribution in [0.15, 0.2) is 60.8 Å². The summed E-state index contributed by atoms with van der Waals surface area (Å²) in [5, 5.41) is 13.6. The Labute approximate surface area is 133 Å². The van der Waals surface area contributed by atoms with E-state index in [1.165, 1.54) is 12.1 Å². The van der Waals surface area contributed by atoms with Crippen LogP contribution in [0, 0.1) is 5.82 Å². The van der Waals surface area contributed by atoms with Crippen LogP contribution in [0.4, 0.5) is 4.39 Å². The van der Waals surface area contributed by atoms with E-state index in [0.717, 1.165) is 10.9 Å². The van der Waals surface area contributed by atoms with E-state index in [2.05, 4.69) is 5.32 Å². The van der Waals surface area contributed by atoms with E-state index in [0.29, 0.717) is 5.52 Å². The van der Waals surface area contributed by atoms with Crippen LogP contribution < -0.4 is 5.32 Å². The highest BCUT2D eigenvalue weighted by atomic mass is 19.1. The molecule has 1 aromatic heterocycles. The molecule has 0 fully saturated rings. The van der Waals surface area contributed by atoms with Gasteiger partial charge in [0.2, 0.25) is 5.91 Å². The van der Waals surface area contributed by atoms with Gasteiger partial charge in [0.05, 0.1) is 11.6 Å². The molecule has 2 aromatic carbocycles. The Morgan fingerprint density at radius 1 is 1.17 bits per heavy atom. The van der Waals surface area contributed by atoms with Crippen molar-refractivity contribution in [1.29, 1.82) is 0 Å². The second-order valence-electron chi connectivity index (χ2n) is 5.38. The monoisotopic (exact) mass is 312 g/mol. The summed E-state index contributed by atoms with van der Waals surface area (Å²) in [5.41, 5.74) is 1.42. The zero-order valence-corrected chi connectivity index (χ0v) is 12.4. The highest BCUT2D eigenvalue weighted by Crippen LogP contribution is 2.17. The molecule has 0 saturated carbocycles. The van der Waals surface area contributed by atoms with Crippen molar-refractivity contribution < 1.29 is 14.3 Å².